The van der Waals surface area contributed by atoms with Crippen molar-refractivity contribution in [3.05, 3.63) is 33.9 Å². The number of H-pyrrole nitrogens is 1. The minimum Gasteiger partial charge on any atom is -0.293 e. The highest BCUT2D eigenvalue weighted by molar-refractivity contribution is 6.31. The first-order chi connectivity index (χ1) is 9.04. The van der Waals surface area contributed by atoms with E-state index in [9.17, 15) is 0 Å². The number of halogens is 1. The molecule has 1 fully saturated rings. The van der Waals surface area contributed by atoms with Crippen LogP contribution in [0.5, 0.6) is 0 Å². The monoisotopic (exact) mass is 279 g/mol. The fraction of sp³-hybridized carbons (Fsp3) is 0.538. The molecule has 0 aliphatic carbocycles. The summed E-state index contributed by atoms with van der Waals surface area (Å²) in [5, 5.41) is 12.5. The summed E-state index contributed by atoms with van der Waals surface area (Å²) in [6.07, 6.45) is 0. The average molecular weight is 280 g/mol. The van der Waals surface area contributed by atoms with Gasteiger partial charge in [0.2, 0.25) is 0 Å². The molecular weight excluding hydrogens is 262 g/mol. The standard InChI is InChI=1S/C13H18ClN5/c1-8-4-9(2)19(17-8)11-5-18(6-11)7-12-13(14)10(3)15-16-12/h4,11H,5-7H2,1-3H3,(H,15,16). The van der Waals surface area contributed by atoms with Crippen molar-refractivity contribution in [1.82, 2.24) is 24.9 Å². The number of hydrogen-bond donors (Lipinski definition) is 1. The molecular formula is C13H18ClN5. The molecule has 1 aliphatic heterocycles. The molecule has 0 atom stereocenters. The van der Waals surface area contributed by atoms with Crippen LogP contribution in [0.15, 0.2) is 6.07 Å². The zero-order valence-electron chi connectivity index (χ0n) is 11.4. The third-order valence-corrected chi connectivity index (χ3v) is 4.14. The number of nitrogens with zero attached hydrogens (tertiary/aromatic N) is 4. The van der Waals surface area contributed by atoms with Gasteiger partial charge in [0, 0.05) is 25.3 Å². The van der Waals surface area contributed by atoms with Gasteiger partial charge in [0.05, 0.1) is 28.1 Å². The molecule has 0 radical (unpaired) electrons. The van der Waals surface area contributed by atoms with Gasteiger partial charge in [0.1, 0.15) is 0 Å². The lowest BCUT2D eigenvalue weighted by atomic mass is 10.1. The van der Waals surface area contributed by atoms with Crippen molar-refractivity contribution < 1.29 is 0 Å². The largest absolute Gasteiger partial charge is 0.293 e. The van der Waals surface area contributed by atoms with E-state index in [0.717, 1.165) is 41.7 Å². The maximum absolute atomic E-state index is 6.18. The maximum Gasteiger partial charge on any atom is 0.0951 e. The van der Waals surface area contributed by atoms with E-state index in [1.807, 2.05) is 13.8 Å². The molecule has 0 bridgehead atoms. The number of aromatic amines is 1. The molecule has 102 valence electrons. The summed E-state index contributed by atoms with van der Waals surface area (Å²) in [7, 11) is 0. The first-order valence-electron chi connectivity index (χ1n) is 6.49. The number of nitrogens with one attached hydrogen (secondary N) is 1. The topological polar surface area (TPSA) is 49.7 Å². The van der Waals surface area contributed by atoms with Crippen LogP contribution in [0.2, 0.25) is 5.02 Å². The molecule has 3 rings (SSSR count). The second-order valence-electron chi connectivity index (χ2n) is 5.33. The summed E-state index contributed by atoms with van der Waals surface area (Å²) in [5.41, 5.74) is 4.19. The molecule has 19 heavy (non-hydrogen) atoms. The Morgan fingerprint density at radius 3 is 2.63 bits per heavy atom. The van der Waals surface area contributed by atoms with Gasteiger partial charge in [0.25, 0.3) is 0 Å². The Morgan fingerprint density at radius 1 is 1.37 bits per heavy atom. The summed E-state index contributed by atoms with van der Waals surface area (Å²) in [6.45, 7) is 8.89. The number of aromatic nitrogens is 4. The Bertz CT molecular complexity index is 594. The van der Waals surface area contributed by atoms with Gasteiger partial charge in [-0.25, -0.2) is 0 Å². The lowest BCUT2D eigenvalue weighted by molar-refractivity contribution is 0.0880. The van der Waals surface area contributed by atoms with E-state index in [1.165, 1.54) is 5.69 Å². The average Bonchev–Trinajstić information content (AvgIpc) is 2.79. The number of hydrogen-bond acceptors (Lipinski definition) is 3. The van der Waals surface area contributed by atoms with Gasteiger partial charge < -0.3 is 0 Å². The third-order valence-electron chi connectivity index (χ3n) is 3.64. The Morgan fingerprint density at radius 2 is 2.11 bits per heavy atom. The van der Waals surface area contributed by atoms with Crippen LogP contribution in [0.25, 0.3) is 0 Å². The molecule has 0 aromatic carbocycles. The van der Waals surface area contributed by atoms with Gasteiger partial charge in [-0.15, -0.1) is 0 Å². The van der Waals surface area contributed by atoms with E-state index < -0.39 is 0 Å². The molecule has 3 heterocycles. The minimum absolute atomic E-state index is 0.479. The summed E-state index contributed by atoms with van der Waals surface area (Å²) >= 11 is 6.18. The summed E-state index contributed by atoms with van der Waals surface area (Å²) in [4.78, 5) is 2.34. The molecule has 0 saturated carbocycles. The quantitative estimate of drug-likeness (QED) is 0.937. The van der Waals surface area contributed by atoms with Crippen LogP contribution < -0.4 is 0 Å². The van der Waals surface area contributed by atoms with Crippen LogP contribution in [0.3, 0.4) is 0 Å². The Balaban J connectivity index is 1.61. The van der Waals surface area contributed by atoms with Crippen molar-refractivity contribution >= 4 is 11.6 Å². The van der Waals surface area contributed by atoms with Gasteiger partial charge in [-0.2, -0.15) is 10.2 Å². The number of likely N-dealkylation sites (tertiary alicyclic amines) is 1. The first-order valence-corrected chi connectivity index (χ1v) is 6.87. The summed E-state index contributed by atoms with van der Waals surface area (Å²) < 4.78 is 2.13. The highest BCUT2D eigenvalue weighted by Gasteiger charge is 2.30. The highest BCUT2D eigenvalue weighted by Crippen LogP contribution is 2.26. The highest BCUT2D eigenvalue weighted by atomic mass is 35.5. The van der Waals surface area contributed by atoms with Gasteiger partial charge >= 0.3 is 0 Å². The predicted octanol–water partition coefficient (Wildman–Crippen LogP) is 2.24. The van der Waals surface area contributed by atoms with E-state index in [-0.39, 0.29) is 0 Å². The SMILES string of the molecule is Cc1cc(C)n(C2CN(Cc3n[nH]c(C)c3Cl)C2)n1. The van der Waals surface area contributed by atoms with Crippen LogP contribution in [0.4, 0.5) is 0 Å². The molecule has 0 unspecified atom stereocenters. The molecule has 6 heteroatoms. The van der Waals surface area contributed by atoms with E-state index in [0.29, 0.717) is 6.04 Å². The van der Waals surface area contributed by atoms with Crippen molar-refractivity contribution in [3.63, 3.8) is 0 Å². The van der Waals surface area contributed by atoms with E-state index in [2.05, 4.69) is 37.9 Å². The maximum atomic E-state index is 6.18. The Labute approximate surface area is 117 Å². The fourth-order valence-corrected chi connectivity index (χ4v) is 2.77. The van der Waals surface area contributed by atoms with Crippen molar-refractivity contribution in [1.29, 1.82) is 0 Å². The van der Waals surface area contributed by atoms with Crippen molar-refractivity contribution in [2.24, 2.45) is 0 Å². The van der Waals surface area contributed by atoms with E-state index in [1.54, 1.807) is 0 Å². The lowest BCUT2D eigenvalue weighted by Crippen LogP contribution is -2.47. The van der Waals surface area contributed by atoms with Gasteiger partial charge in [-0.05, 0) is 26.8 Å². The zero-order valence-corrected chi connectivity index (χ0v) is 12.2. The Hall–Kier alpha value is -1.33. The van der Waals surface area contributed by atoms with Crippen LogP contribution in [-0.2, 0) is 6.54 Å². The minimum atomic E-state index is 0.479. The molecule has 1 aliphatic rings. The van der Waals surface area contributed by atoms with Gasteiger partial charge in [0.15, 0.2) is 0 Å². The van der Waals surface area contributed by atoms with Crippen LogP contribution in [0.1, 0.15) is 28.8 Å². The van der Waals surface area contributed by atoms with E-state index in [4.69, 9.17) is 11.6 Å². The summed E-state index contributed by atoms with van der Waals surface area (Å²) in [6, 6.07) is 2.60. The number of rotatable bonds is 3. The molecule has 2 aromatic heterocycles. The third kappa shape index (κ3) is 2.28. The van der Waals surface area contributed by atoms with Crippen LogP contribution >= 0.6 is 11.6 Å². The van der Waals surface area contributed by atoms with Gasteiger partial charge in [-0.1, -0.05) is 11.6 Å². The molecule has 1 saturated heterocycles. The second kappa shape index (κ2) is 4.65. The van der Waals surface area contributed by atoms with Crippen molar-refractivity contribution in [3.8, 4) is 0 Å². The predicted molar refractivity (Wildman–Crippen MR) is 74.3 cm³/mol. The van der Waals surface area contributed by atoms with Crippen LogP contribution in [-0.4, -0.2) is 38.0 Å². The lowest BCUT2D eigenvalue weighted by Gasteiger charge is -2.39. The normalized spacial score (nSPS) is 16.8. The summed E-state index contributed by atoms with van der Waals surface area (Å²) in [5.74, 6) is 0. The molecule has 1 N–H and O–H groups in total. The fourth-order valence-electron chi connectivity index (χ4n) is 2.62. The molecule has 0 spiro atoms. The van der Waals surface area contributed by atoms with Crippen molar-refractivity contribution in [2.75, 3.05) is 13.1 Å². The molecule has 5 nitrogen and oxygen atoms in total. The first kappa shape index (κ1) is 12.7. The van der Waals surface area contributed by atoms with E-state index >= 15 is 0 Å². The molecule has 0 amide bonds. The van der Waals surface area contributed by atoms with Crippen LogP contribution in [0, 0.1) is 20.8 Å². The Kier molecular flexibility index (Phi) is 3.11. The van der Waals surface area contributed by atoms with Gasteiger partial charge in [-0.3, -0.25) is 14.7 Å². The number of aryl methyl sites for hydroxylation is 3. The zero-order chi connectivity index (χ0) is 13.6. The smallest absolute Gasteiger partial charge is 0.0951 e. The van der Waals surface area contributed by atoms with Crippen molar-refractivity contribution in [2.45, 2.75) is 33.4 Å². The molecule has 2 aromatic rings. The second-order valence-corrected chi connectivity index (χ2v) is 5.71.